The minimum atomic E-state index is 1.02. The van der Waals surface area contributed by atoms with Gasteiger partial charge in [-0.3, -0.25) is 0 Å². The Labute approximate surface area is 66.1 Å². The molecule has 10 heavy (non-hydrogen) atoms. The smallest absolute Gasteiger partial charge is 0.0481 e. The van der Waals surface area contributed by atoms with Crippen LogP contribution in [0.1, 0.15) is 18.7 Å². The number of hydrogen-bond acceptors (Lipinski definition) is 2. The number of hydrogen-bond donors (Lipinski definition) is 1. The molecule has 56 valence electrons. The van der Waals surface area contributed by atoms with Crippen molar-refractivity contribution in [1.82, 2.24) is 0 Å². The van der Waals surface area contributed by atoms with Gasteiger partial charge in [-0.15, -0.1) is 11.3 Å². The highest BCUT2D eigenvalue weighted by Crippen LogP contribution is 2.21. The van der Waals surface area contributed by atoms with Crippen molar-refractivity contribution in [3.8, 4) is 0 Å². The van der Waals surface area contributed by atoms with Crippen LogP contribution in [-0.2, 0) is 6.42 Å². The molecule has 0 aliphatic rings. The van der Waals surface area contributed by atoms with Crippen LogP contribution in [0.15, 0.2) is 11.4 Å². The summed E-state index contributed by atoms with van der Waals surface area (Å²) < 4.78 is 0. The molecule has 0 fully saturated rings. The summed E-state index contributed by atoms with van der Waals surface area (Å²) in [6.45, 7) is 5.33. The topological polar surface area (TPSA) is 12.0 Å². The molecule has 0 aliphatic heterocycles. The van der Waals surface area contributed by atoms with E-state index >= 15 is 0 Å². The Morgan fingerprint density at radius 3 is 2.90 bits per heavy atom. The number of aryl methyl sites for hydroxylation is 1. The van der Waals surface area contributed by atoms with Crippen molar-refractivity contribution in [3.05, 3.63) is 16.3 Å². The normalized spacial score (nSPS) is 9.80. The lowest BCUT2D eigenvalue weighted by atomic mass is 10.3. The molecule has 1 nitrogen and oxygen atoms in total. The largest absolute Gasteiger partial charge is 0.384 e. The van der Waals surface area contributed by atoms with Crippen molar-refractivity contribution < 1.29 is 0 Å². The first-order valence-corrected chi connectivity index (χ1v) is 4.56. The third-order valence-electron chi connectivity index (χ3n) is 1.43. The van der Waals surface area contributed by atoms with E-state index in [9.17, 15) is 0 Å². The molecule has 1 aromatic heterocycles. The van der Waals surface area contributed by atoms with Crippen molar-refractivity contribution in [2.24, 2.45) is 0 Å². The Hall–Kier alpha value is -0.500. The van der Waals surface area contributed by atoms with Gasteiger partial charge in [0.2, 0.25) is 0 Å². The third kappa shape index (κ3) is 1.51. The molecule has 0 saturated carbocycles. The van der Waals surface area contributed by atoms with Gasteiger partial charge in [-0.05, 0) is 24.8 Å². The number of rotatable bonds is 3. The molecule has 0 unspecified atom stereocenters. The maximum absolute atomic E-state index is 3.32. The maximum atomic E-state index is 3.32. The van der Waals surface area contributed by atoms with Gasteiger partial charge < -0.3 is 5.32 Å². The lowest BCUT2D eigenvalue weighted by molar-refractivity contribution is 1.15. The first-order valence-electron chi connectivity index (χ1n) is 3.68. The zero-order chi connectivity index (χ0) is 7.40. The van der Waals surface area contributed by atoms with Crippen LogP contribution in [-0.4, -0.2) is 6.54 Å². The average Bonchev–Trinajstić information content (AvgIpc) is 2.36. The van der Waals surface area contributed by atoms with E-state index in [0.717, 1.165) is 13.0 Å². The monoisotopic (exact) mass is 155 g/mol. The van der Waals surface area contributed by atoms with Gasteiger partial charge in [0, 0.05) is 17.1 Å². The third-order valence-corrected chi connectivity index (χ3v) is 2.50. The quantitative estimate of drug-likeness (QED) is 0.707. The van der Waals surface area contributed by atoms with Crippen molar-refractivity contribution in [2.75, 3.05) is 11.9 Å². The minimum absolute atomic E-state index is 1.02. The molecule has 0 spiro atoms. The highest BCUT2D eigenvalue weighted by atomic mass is 32.1. The average molecular weight is 155 g/mol. The standard InChI is InChI=1S/C8H13NS/c1-3-8-7(9-4-2)5-6-10-8/h5-6,9H,3-4H2,1-2H3. The first kappa shape index (κ1) is 7.61. The van der Waals surface area contributed by atoms with Gasteiger partial charge in [0.15, 0.2) is 0 Å². The fourth-order valence-corrected chi connectivity index (χ4v) is 1.76. The van der Waals surface area contributed by atoms with Crippen LogP contribution in [0.3, 0.4) is 0 Å². The molecule has 1 heterocycles. The van der Waals surface area contributed by atoms with E-state index in [2.05, 4.69) is 30.6 Å². The Bertz CT molecular complexity index is 193. The second-order valence-electron chi connectivity index (χ2n) is 2.14. The van der Waals surface area contributed by atoms with Gasteiger partial charge in [-0.25, -0.2) is 0 Å². The van der Waals surface area contributed by atoms with E-state index in [1.54, 1.807) is 0 Å². The van der Waals surface area contributed by atoms with Crippen LogP contribution in [0.5, 0.6) is 0 Å². The van der Waals surface area contributed by atoms with Crippen LogP contribution in [0, 0.1) is 0 Å². The van der Waals surface area contributed by atoms with Crippen molar-refractivity contribution in [2.45, 2.75) is 20.3 Å². The molecule has 0 saturated heterocycles. The van der Waals surface area contributed by atoms with Crippen molar-refractivity contribution >= 4 is 17.0 Å². The van der Waals surface area contributed by atoms with E-state index in [4.69, 9.17) is 0 Å². The van der Waals surface area contributed by atoms with E-state index in [1.807, 2.05) is 11.3 Å². The van der Waals surface area contributed by atoms with Crippen molar-refractivity contribution in [3.63, 3.8) is 0 Å². The van der Waals surface area contributed by atoms with E-state index < -0.39 is 0 Å². The van der Waals surface area contributed by atoms with Gasteiger partial charge in [0.05, 0.1) is 0 Å². The van der Waals surface area contributed by atoms with Gasteiger partial charge in [-0.1, -0.05) is 6.92 Å². The molecule has 0 atom stereocenters. The molecule has 1 N–H and O–H groups in total. The zero-order valence-electron chi connectivity index (χ0n) is 6.48. The number of nitrogens with one attached hydrogen (secondary N) is 1. The fraction of sp³-hybridized carbons (Fsp3) is 0.500. The summed E-state index contributed by atoms with van der Waals surface area (Å²) in [5.74, 6) is 0. The Morgan fingerprint density at radius 2 is 2.30 bits per heavy atom. The highest BCUT2D eigenvalue weighted by molar-refractivity contribution is 7.10. The summed E-state index contributed by atoms with van der Waals surface area (Å²) >= 11 is 1.83. The molecule has 0 radical (unpaired) electrons. The summed E-state index contributed by atoms with van der Waals surface area (Å²) in [6.07, 6.45) is 1.14. The Balaban J connectivity index is 2.70. The summed E-state index contributed by atoms with van der Waals surface area (Å²) in [6, 6.07) is 2.15. The zero-order valence-corrected chi connectivity index (χ0v) is 7.29. The summed E-state index contributed by atoms with van der Waals surface area (Å²) in [5, 5.41) is 5.45. The van der Waals surface area contributed by atoms with Gasteiger partial charge in [-0.2, -0.15) is 0 Å². The van der Waals surface area contributed by atoms with E-state index in [-0.39, 0.29) is 0 Å². The molecule has 0 bridgehead atoms. The summed E-state index contributed by atoms with van der Waals surface area (Å²) in [5.41, 5.74) is 1.31. The number of anilines is 1. The molecule has 1 rings (SSSR count). The lowest BCUT2D eigenvalue weighted by Crippen LogP contribution is -1.96. The molecule has 0 aromatic carbocycles. The van der Waals surface area contributed by atoms with Crippen molar-refractivity contribution in [1.29, 1.82) is 0 Å². The Kier molecular flexibility index (Phi) is 2.75. The van der Waals surface area contributed by atoms with Crippen LogP contribution < -0.4 is 5.32 Å². The predicted molar refractivity (Wildman–Crippen MR) is 47.9 cm³/mol. The maximum Gasteiger partial charge on any atom is 0.0481 e. The van der Waals surface area contributed by atoms with Crippen LogP contribution >= 0.6 is 11.3 Å². The second kappa shape index (κ2) is 3.62. The molecular formula is C8H13NS. The molecule has 2 heteroatoms. The molecule has 0 amide bonds. The summed E-state index contributed by atoms with van der Waals surface area (Å²) in [4.78, 5) is 1.46. The molecule has 1 aromatic rings. The summed E-state index contributed by atoms with van der Waals surface area (Å²) in [7, 11) is 0. The second-order valence-corrected chi connectivity index (χ2v) is 3.14. The highest BCUT2D eigenvalue weighted by Gasteiger charge is 1.98. The minimum Gasteiger partial charge on any atom is -0.384 e. The van der Waals surface area contributed by atoms with Gasteiger partial charge in [0.1, 0.15) is 0 Å². The van der Waals surface area contributed by atoms with Crippen LogP contribution in [0.2, 0.25) is 0 Å². The first-order chi connectivity index (χ1) is 4.88. The van der Waals surface area contributed by atoms with E-state index in [0.29, 0.717) is 0 Å². The lowest BCUT2D eigenvalue weighted by Gasteiger charge is -2.00. The fourth-order valence-electron chi connectivity index (χ4n) is 0.962. The number of thiophene rings is 1. The molecular weight excluding hydrogens is 142 g/mol. The van der Waals surface area contributed by atoms with Gasteiger partial charge >= 0.3 is 0 Å². The SMILES string of the molecule is CCNc1ccsc1CC. The predicted octanol–water partition coefficient (Wildman–Crippen LogP) is 2.74. The van der Waals surface area contributed by atoms with Crippen LogP contribution in [0.4, 0.5) is 5.69 Å². The van der Waals surface area contributed by atoms with E-state index in [1.165, 1.54) is 10.6 Å². The van der Waals surface area contributed by atoms with Gasteiger partial charge in [0.25, 0.3) is 0 Å². The van der Waals surface area contributed by atoms with Crippen LogP contribution in [0.25, 0.3) is 0 Å². The molecule has 0 aliphatic carbocycles. The Morgan fingerprint density at radius 1 is 1.50 bits per heavy atom.